The van der Waals surface area contributed by atoms with Gasteiger partial charge in [-0.1, -0.05) is 255 Å². The first-order chi connectivity index (χ1) is 71.1. The topological polar surface area (TPSA) is 153 Å². The molecule has 0 aliphatic heterocycles. The Labute approximate surface area is 828 Å². The largest absolute Gasteiger partial charge is 0.309 e. The van der Waals surface area contributed by atoms with Gasteiger partial charge in [0.2, 0.25) is 0 Å². The zero-order valence-electron chi connectivity index (χ0n) is 77.4. The molecule has 0 N–H and O–H groups in total. The molecule has 0 spiro atoms. The van der Waals surface area contributed by atoms with Crippen molar-refractivity contribution in [1.29, 1.82) is 26.3 Å². The lowest BCUT2D eigenvalue weighted by Gasteiger charge is -2.12. The van der Waals surface area contributed by atoms with Crippen LogP contribution >= 0.6 is 0 Å². The van der Waals surface area contributed by atoms with Gasteiger partial charge < -0.3 is 27.4 Å². The van der Waals surface area contributed by atoms with Crippen LogP contribution in [-0.2, 0) is 0 Å². The second kappa shape index (κ2) is 35.5. The van der Waals surface area contributed by atoms with Crippen molar-refractivity contribution in [1.82, 2.24) is 27.4 Å². The number of aromatic nitrogens is 6. The predicted octanol–water partition coefficient (Wildman–Crippen LogP) is 33.6. The first kappa shape index (κ1) is 85.1. The van der Waals surface area contributed by atoms with Crippen LogP contribution in [-0.4, -0.2) is 27.4 Å². The predicted molar refractivity (Wildman–Crippen MR) is 588 cm³/mol. The fraction of sp³-hybridized carbons (Fsp3) is 0. The SMILES string of the molecule is N#Cc1ccc2c(c1)c1ccccc1n2-c1cccc(-c2ccc3c(c2)c2ccccc2n3-c2cccc(-c3ccccc3C#N)c2)c1.N#Cc1cccc(-c2cccc(-n3c4ccccc4c4cc(-c5cccc(-n6c7ccccc7c7cc(C#N)ccc76)c5)ccc43)c2)c1.[C-]#[N+]c1ccc(-c2cccc(-n3c4ccccc4c4cc(-c5cccc(-n6c7ccccc7c7cc(C#N)ccc76)c5)ccc43)c2)cc1. The Balaban J connectivity index is 0.000000113. The molecule has 0 fully saturated rings. The molecule has 666 valence electrons. The maximum absolute atomic E-state index is 9.75. The van der Waals surface area contributed by atoms with Crippen LogP contribution < -0.4 is 0 Å². The summed E-state index contributed by atoms with van der Waals surface area (Å²) >= 11 is 0. The van der Waals surface area contributed by atoms with Crippen LogP contribution in [0.5, 0.6) is 0 Å². The number of nitriles is 5. The standard InChI is InChI=1S/3C44H26N4/c1-46-34-20-17-30(18-21-34)31-8-6-10-35(25-31)48-42-15-5-3-13-38(42)40-27-33(19-23-44(40)48)32-9-7-11-36(26-32)47-41-14-4-2-12-37(41)39-24-29(28-45)16-22-43(39)47;45-27-29-8-5-9-31(22-29)32-10-6-12-35(24-32)48-42-17-4-2-15-38(42)40-26-34(19-21-44(40)48)33-11-7-13-36(25-33)47-41-16-3-1-14-37(41)39-23-30(28-46)18-20-43(39)47;45-27-29-19-21-43-39(23-29)37-15-3-5-17-41(37)47(43)34-12-7-10-30(24-34)31-20-22-44-40(26-31)38-16-4-6-18-42(38)48(44)35-13-8-11-32(25-35)36-14-2-1-9-33(36)28-46/h2-27H;2*1-26H. The highest BCUT2D eigenvalue weighted by Gasteiger charge is 2.24. The molecule has 0 aliphatic rings. The summed E-state index contributed by atoms with van der Waals surface area (Å²) < 4.78 is 13.9. The van der Waals surface area contributed by atoms with Gasteiger partial charge in [-0.15, -0.1) is 0 Å². The molecular weight excluding hydrogens is 1750 g/mol. The molecule has 0 unspecified atom stereocenters. The molecule has 0 aliphatic carbocycles. The lowest BCUT2D eigenvalue weighted by atomic mass is 10.00. The van der Waals surface area contributed by atoms with Crippen LogP contribution in [0.4, 0.5) is 5.69 Å². The molecule has 0 saturated carbocycles. The van der Waals surface area contributed by atoms with E-state index in [4.69, 9.17) is 6.57 Å². The molecule has 0 saturated heterocycles. The van der Waals surface area contributed by atoms with Gasteiger partial charge in [0.15, 0.2) is 5.69 Å². The van der Waals surface area contributed by atoms with E-state index in [0.29, 0.717) is 33.5 Å². The van der Waals surface area contributed by atoms with Crippen LogP contribution in [0.25, 0.3) is 237 Å². The summed E-state index contributed by atoms with van der Waals surface area (Å²) in [4.78, 5) is 3.54. The minimum Gasteiger partial charge on any atom is -0.309 e. The van der Waals surface area contributed by atoms with Gasteiger partial charge in [-0.05, 0) is 285 Å². The first-order valence-electron chi connectivity index (χ1n) is 47.6. The highest BCUT2D eigenvalue weighted by atomic mass is 15.0. The maximum atomic E-state index is 9.75. The van der Waals surface area contributed by atoms with Crippen LogP contribution in [0.3, 0.4) is 0 Å². The Hall–Kier alpha value is -20.6. The zero-order chi connectivity index (χ0) is 96.6. The van der Waals surface area contributed by atoms with E-state index in [1.54, 1.807) is 0 Å². The van der Waals surface area contributed by atoms with E-state index in [1.807, 2.05) is 103 Å². The van der Waals surface area contributed by atoms with Crippen LogP contribution in [0, 0.1) is 63.2 Å². The number of hydrogen-bond donors (Lipinski definition) is 0. The zero-order valence-corrected chi connectivity index (χ0v) is 77.4. The van der Waals surface area contributed by atoms with E-state index >= 15 is 0 Å². The lowest BCUT2D eigenvalue weighted by molar-refractivity contribution is 1.18. The molecule has 27 aromatic rings. The fourth-order valence-electron chi connectivity index (χ4n) is 21.5. The summed E-state index contributed by atoms with van der Waals surface area (Å²) in [5, 5.41) is 61.7. The number of para-hydroxylation sites is 6. The third kappa shape index (κ3) is 14.7. The molecule has 6 heterocycles. The molecule has 21 aromatic carbocycles. The van der Waals surface area contributed by atoms with Crippen molar-refractivity contribution in [2.45, 2.75) is 0 Å². The molecule has 0 amide bonds. The van der Waals surface area contributed by atoms with E-state index in [-0.39, 0.29) is 0 Å². The van der Waals surface area contributed by atoms with Crippen LogP contribution in [0.1, 0.15) is 27.8 Å². The minimum atomic E-state index is 0.642. The second-order valence-corrected chi connectivity index (χ2v) is 36.2. The quantitative estimate of drug-likeness (QED) is 0.111. The van der Waals surface area contributed by atoms with Crippen molar-refractivity contribution in [2.24, 2.45) is 0 Å². The highest BCUT2D eigenvalue weighted by molar-refractivity contribution is 6.16. The molecule has 0 bridgehead atoms. The smallest absolute Gasteiger partial charge is 0.187 e. The molecule has 12 heteroatoms. The molecular formula is C132H78N12. The van der Waals surface area contributed by atoms with Crippen LogP contribution in [0.2, 0.25) is 0 Å². The van der Waals surface area contributed by atoms with Gasteiger partial charge in [0.25, 0.3) is 0 Å². The average Bonchev–Trinajstić information content (AvgIpc) is 1.60. The molecule has 27 rings (SSSR count). The number of hydrogen-bond acceptors (Lipinski definition) is 5. The van der Waals surface area contributed by atoms with Gasteiger partial charge in [0.05, 0.1) is 131 Å². The van der Waals surface area contributed by atoms with E-state index in [2.05, 4.69) is 433 Å². The molecule has 0 radical (unpaired) electrons. The van der Waals surface area contributed by atoms with Crippen molar-refractivity contribution in [3.8, 4) is 131 Å². The summed E-state index contributed by atoms with van der Waals surface area (Å²) in [5.74, 6) is 0. The highest BCUT2D eigenvalue weighted by Crippen LogP contribution is 2.45. The summed E-state index contributed by atoms with van der Waals surface area (Å²) in [6.45, 7) is 7.30. The van der Waals surface area contributed by atoms with Gasteiger partial charge in [-0.2, -0.15) is 26.3 Å². The number of benzene rings is 21. The Morgan fingerprint density at radius 1 is 0.160 bits per heavy atom. The Morgan fingerprint density at radius 2 is 0.382 bits per heavy atom. The van der Waals surface area contributed by atoms with Gasteiger partial charge in [0, 0.05) is 98.8 Å². The summed E-state index contributed by atoms with van der Waals surface area (Å²) in [7, 11) is 0. The van der Waals surface area contributed by atoms with Gasteiger partial charge >= 0.3 is 0 Å². The van der Waals surface area contributed by atoms with Gasteiger partial charge in [0.1, 0.15) is 0 Å². The third-order valence-electron chi connectivity index (χ3n) is 28.1. The van der Waals surface area contributed by atoms with E-state index in [0.717, 1.165) is 199 Å². The number of rotatable bonds is 12. The van der Waals surface area contributed by atoms with Crippen molar-refractivity contribution < 1.29 is 0 Å². The van der Waals surface area contributed by atoms with Gasteiger partial charge in [-0.3, -0.25) is 0 Å². The molecule has 0 atom stereocenters. The maximum Gasteiger partial charge on any atom is 0.187 e. The molecule has 12 nitrogen and oxygen atoms in total. The van der Waals surface area contributed by atoms with Crippen molar-refractivity contribution in [3.05, 3.63) is 512 Å². The van der Waals surface area contributed by atoms with Crippen molar-refractivity contribution in [3.63, 3.8) is 0 Å². The van der Waals surface area contributed by atoms with E-state index in [1.165, 1.54) is 32.3 Å². The van der Waals surface area contributed by atoms with Crippen molar-refractivity contribution in [2.75, 3.05) is 0 Å². The third-order valence-corrected chi connectivity index (χ3v) is 28.1. The Kier molecular flexibility index (Phi) is 21.0. The van der Waals surface area contributed by atoms with E-state index < -0.39 is 0 Å². The minimum absolute atomic E-state index is 0.642. The molecule has 144 heavy (non-hydrogen) atoms. The van der Waals surface area contributed by atoms with Gasteiger partial charge in [-0.25, -0.2) is 4.85 Å². The fourth-order valence-corrected chi connectivity index (χ4v) is 21.5. The monoisotopic (exact) mass is 1830 g/mol. The number of fused-ring (bicyclic) bond motifs is 18. The normalized spacial score (nSPS) is 11.3. The van der Waals surface area contributed by atoms with Crippen molar-refractivity contribution >= 4 is 137 Å². The Morgan fingerprint density at radius 3 is 0.681 bits per heavy atom. The summed E-state index contributed by atoms with van der Waals surface area (Å²) in [6.07, 6.45) is 0. The van der Waals surface area contributed by atoms with Crippen LogP contribution in [0.15, 0.2) is 473 Å². The second-order valence-electron chi connectivity index (χ2n) is 36.2. The average molecular weight is 1830 g/mol. The molecule has 6 aromatic heterocycles. The summed E-state index contributed by atoms with van der Waals surface area (Å²) in [6, 6.07) is 175. The first-order valence-corrected chi connectivity index (χ1v) is 47.6. The van der Waals surface area contributed by atoms with E-state index in [9.17, 15) is 26.3 Å². The lowest BCUT2D eigenvalue weighted by Crippen LogP contribution is -1.95. The Bertz CT molecular complexity index is 10300. The number of nitrogens with zero attached hydrogens (tertiary/aromatic N) is 12. The summed E-state index contributed by atoms with van der Waals surface area (Å²) in [5.41, 5.74) is 36.8.